The molecule has 3 amide bonds. The van der Waals surface area contributed by atoms with Crippen LogP contribution >= 0.6 is 0 Å². The van der Waals surface area contributed by atoms with Crippen LogP contribution in [0.2, 0.25) is 0 Å². The Balaban J connectivity index is 1.41. The molecule has 1 N–H and O–H groups in total. The SMILES string of the molecule is O=C1CCC[C@]2(CN(C(=O)C3CC(=O)N(C4CC4)C3)C[C@H]2c2ccc(F)c(F)c2)N1. The van der Waals surface area contributed by atoms with E-state index >= 15 is 0 Å². The lowest BCUT2D eigenvalue weighted by Gasteiger charge is -2.39. The number of nitrogens with one attached hydrogen (secondary N) is 1. The molecule has 160 valence electrons. The molecule has 3 heterocycles. The molecule has 4 fully saturated rings. The van der Waals surface area contributed by atoms with Crippen LogP contribution in [0.4, 0.5) is 8.78 Å². The molecule has 1 unspecified atom stereocenters. The number of hydrogen-bond donors (Lipinski definition) is 1. The van der Waals surface area contributed by atoms with E-state index in [0.29, 0.717) is 44.5 Å². The molecule has 1 spiro atoms. The van der Waals surface area contributed by atoms with Gasteiger partial charge in [-0.15, -0.1) is 0 Å². The number of rotatable bonds is 3. The molecule has 4 aliphatic rings. The van der Waals surface area contributed by atoms with Crippen LogP contribution in [0, 0.1) is 17.6 Å². The molecule has 0 bridgehead atoms. The monoisotopic (exact) mass is 417 g/mol. The van der Waals surface area contributed by atoms with E-state index in [2.05, 4.69) is 5.32 Å². The molecule has 1 saturated carbocycles. The second-order valence-electron chi connectivity index (χ2n) is 9.18. The highest BCUT2D eigenvalue weighted by Crippen LogP contribution is 2.43. The Labute approximate surface area is 173 Å². The summed E-state index contributed by atoms with van der Waals surface area (Å²) in [6.07, 6.45) is 4.01. The summed E-state index contributed by atoms with van der Waals surface area (Å²) in [5.74, 6) is -2.69. The highest BCUT2D eigenvalue weighted by Gasteiger charge is 2.52. The van der Waals surface area contributed by atoms with E-state index in [1.54, 1.807) is 4.90 Å². The van der Waals surface area contributed by atoms with Crippen molar-refractivity contribution in [3.8, 4) is 0 Å². The molecule has 3 atom stereocenters. The minimum atomic E-state index is -0.934. The second-order valence-corrected chi connectivity index (χ2v) is 9.18. The largest absolute Gasteiger partial charge is 0.348 e. The van der Waals surface area contributed by atoms with Crippen molar-refractivity contribution in [3.63, 3.8) is 0 Å². The lowest BCUT2D eigenvalue weighted by Crippen LogP contribution is -2.56. The van der Waals surface area contributed by atoms with Crippen LogP contribution in [0.15, 0.2) is 18.2 Å². The number of hydrogen-bond acceptors (Lipinski definition) is 3. The second kappa shape index (κ2) is 7.03. The van der Waals surface area contributed by atoms with Gasteiger partial charge >= 0.3 is 0 Å². The Morgan fingerprint density at radius 3 is 2.63 bits per heavy atom. The number of halogens is 2. The first-order chi connectivity index (χ1) is 14.4. The summed E-state index contributed by atoms with van der Waals surface area (Å²) in [5, 5.41) is 3.07. The average Bonchev–Trinajstić information content (AvgIpc) is 3.39. The van der Waals surface area contributed by atoms with Crippen molar-refractivity contribution in [2.75, 3.05) is 19.6 Å². The zero-order chi connectivity index (χ0) is 21.0. The van der Waals surface area contributed by atoms with Gasteiger partial charge in [0.15, 0.2) is 11.6 Å². The summed E-state index contributed by atoms with van der Waals surface area (Å²) in [5.41, 5.74) is -0.109. The third-order valence-electron chi connectivity index (χ3n) is 7.11. The number of nitrogens with zero attached hydrogens (tertiary/aromatic N) is 2. The number of benzene rings is 1. The van der Waals surface area contributed by atoms with Crippen LogP contribution in [0.1, 0.15) is 50.0 Å². The fourth-order valence-electron chi connectivity index (χ4n) is 5.47. The average molecular weight is 417 g/mol. The van der Waals surface area contributed by atoms with Gasteiger partial charge in [0.1, 0.15) is 0 Å². The minimum Gasteiger partial charge on any atom is -0.348 e. The predicted molar refractivity (Wildman–Crippen MR) is 103 cm³/mol. The molecule has 1 aliphatic carbocycles. The maximum Gasteiger partial charge on any atom is 0.228 e. The molecular formula is C22H25F2N3O3. The van der Waals surface area contributed by atoms with E-state index in [9.17, 15) is 23.2 Å². The summed E-state index contributed by atoms with van der Waals surface area (Å²) in [6.45, 7) is 1.10. The Kier molecular flexibility index (Phi) is 4.56. The molecule has 3 saturated heterocycles. The van der Waals surface area contributed by atoms with Crippen LogP contribution in [-0.4, -0.2) is 58.7 Å². The zero-order valence-electron chi connectivity index (χ0n) is 16.7. The first-order valence-electron chi connectivity index (χ1n) is 10.7. The van der Waals surface area contributed by atoms with Gasteiger partial charge in [0.25, 0.3) is 0 Å². The van der Waals surface area contributed by atoms with Crippen LogP contribution in [0.3, 0.4) is 0 Å². The summed E-state index contributed by atoms with van der Waals surface area (Å²) in [6, 6.07) is 4.09. The van der Waals surface area contributed by atoms with Gasteiger partial charge in [-0.25, -0.2) is 8.78 Å². The molecule has 30 heavy (non-hydrogen) atoms. The van der Waals surface area contributed by atoms with E-state index in [1.807, 2.05) is 4.90 Å². The summed E-state index contributed by atoms with van der Waals surface area (Å²) < 4.78 is 27.4. The highest BCUT2D eigenvalue weighted by molar-refractivity contribution is 5.90. The number of carbonyl (C=O) groups is 3. The lowest BCUT2D eigenvalue weighted by molar-refractivity contribution is -0.135. The molecule has 3 aliphatic heterocycles. The summed E-state index contributed by atoms with van der Waals surface area (Å²) >= 11 is 0. The quantitative estimate of drug-likeness (QED) is 0.817. The van der Waals surface area contributed by atoms with Crippen LogP contribution < -0.4 is 5.32 Å². The maximum absolute atomic E-state index is 13.9. The van der Waals surface area contributed by atoms with Crippen LogP contribution in [0.5, 0.6) is 0 Å². The van der Waals surface area contributed by atoms with Crippen molar-refractivity contribution >= 4 is 17.7 Å². The Morgan fingerprint density at radius 1 is 1.13 bits per heavy atom. The molecular weight excluding hydrogens is 392 g/mol. The first kappa shape index (κ1) is 19.5. The Bertz CT molecular complexity index is 919. The highest BCUT2D eigenvalue weighted by atomic mass is 19.2. The standard InChI is InChI=1S/C22H25F2N3O3/c23-17-6-3-13(8-18(17)24)16-11-26(12-22(16)7-1-2-19(28)25-22)21(30)14-9-20(29)27(10-14)15-4-5-15/h3,6,8,14-16H,1-2,4-5,7,9-12H2,(H,25,28)/t14?,16-,22+/m0/s1. The summed E-state index contributed by atoms with van der Waals surface area (Å²) in [7, 11) is 0. The molecule has 1 aromatic carbocycles. The molecule has 0 radical (unpaired) electrons. The number of carbonyl (C=O) groups excluding carboxylic acids is 3. The Morgan fingerprint density at radius 2 is 1.93 bits per heavy atom. The molecule has 5 rings (SSSR count). The van der Waals surface area contributed by atoms with E-state index < -0.39 is 17.2 Å². The van der Waals surface area contributed by atoms with Crippen molar-refractivity contribution in [2.24, 2.45) is 5.92 Å². The topological polar surface area (TPSA) is 69.7 Å². The van der Waals surface area contributed by atoms with Gasteiger partial charge in [-0.3, -0.25) is 14.4 Å². The van der Waals surface area contributed by atoms with Gasteiger partial charge in [0, 0.05) is 44.4 Å². The molecule has 1 aromatic rings. The van der Waals surface area contributed by atoms with E-state index in [4.69, 9.17) is 0 Å². The van der Waals surface area contributed by atoms with Gasteiger partial charge in [0.2, 0.25) is 17.7 Å². The fourth-order valence-corrected chi connectivity index (χ4v) is 5.47. The maximum atomic E-state index is 13.9. The van der Waals surface area contributed by atoms with E-state index in [1.165, 1.54) is 12.1 Å². The van der Waals surface area contributed by atoms with Gasteiger partial charge in [-0.05, 0) is 43.4 Å². The predicted octanol–water partition coefficient (Wildman–Crippen LogP) is 1.94. The van der Waals surface area contributed by atoms with Gasteiger partial charge in [0.05, 0.1) is 11.5 Å². The van der Waals surface area contributed by atoms with Gasteiger partial charge in [-0.1, -0.05) is 6.07 Å². The third-order valence-corrected chi connectivity index (χ3v) is 7.11. The van der Waals surface area contributed by atoms with Crippen molar-refractivity contribution < 1.29 is 23.2 Å². The molecule has 8 heteroatoms. The van der Waals surface area contributed by atoms with Crippen molar-refractivity contribution in [3.05, 3.63) is 35.4 Å². The smallest absolute Gasteiger partial charge is 0.228 e. The van der Waals surface area contributed by atoms with Gasteiger partial charge in [-0.2, -0.15) is 0 Å². The summed E-state index contributed by atoms with van der Waals surface area (Å²) in [4.78, 5) is 41.3. The van der Waals surface area contributed by atoms with Crippen molar-refractivity contribution in [2.45, 2.75) is 56.0 Å². The number of likely N-dealkylation sites (tertiary alicyclic amines) is 2. The number of amides is 3. The van der Waals surface area contributed by atoms with Gasteiger partial charge < -0.3 is 15.1 Å². The third kappa shape index (κ3) is 3.26. The van der Waals surface area contributed by atoms with E-state index in [0.717, 1.165) is 18.9 Å². The zero-order valence-corrected chi connectivity index (χ0v) is 16.7. The minimum absolute atomic E-state index is 0.0351. The lowest BCUT2D eigenvalue weighted by atomic mass is 9.76. The van der Waals surface area contributed by atoms with Crippen molar-refractivity contribution in [1.29, 1.82) is 0 Å². The molecule has 0 aromatic heterocycles. The fraction of sp³-hybridized carbons (Fsp3) is 0.591. The number of piperidine rings is 1. The van der Waals surface area contributed by atoms with Crippen LogP contribution in [-0.2, 0) is 14.4 Å². The normalized spacial score (nSPS) is 31.5. The van der Waals surface area contributed by atoms with Crippen molar-refractivity contribution in [1.82, 2.24) is 15.1 Å². The first-order valence-corrected chi connectivity index (χ1v) is 10.7. The van der Waals surface area contributed by atoms with Crippen LogP contribution in [0.25, 0.3) is 0 Å². The van der Waals surface area contributed by atoms with E-state index in [-0.39, 0.29) is 42.0 Å². The molecule has 6 nitrogen and oxygen atoms in total. The Hall–Kier alpha value is -2.51.